The lowest BCUT2D eigenvalue weighted by Crippen LogP contribution is -2.17. The Kier molecular flexibility index (Phi) is 5.54. The SMILES string of the molecule is CCC=C=CCN(C)Cc1ccccc1. The van der Waals surface area contributed by atoms with E-state index in [0.29, 0.717) is 0 Å². The van der Waals surface area contributed by atoms with E-state index in [4.69, 9.17) is 0 Å². The van der Waals surface area contributed by atoms with Crippen LogP contribution in [0.15, 0.2) is 48.2 Å². The monoisotopic (exact) mass is 201 g/mol. The molecule has 0 aliphatic carbocycles. The Labute approximate surface area is 92.7 Å². The topological polar surface area (TPSA) is 3.24 Å². The average molecular weight is 201 g/mol. The first-order valence-corrected chi connectivity index (χ1v) is 5.44. The third kappa shape index (κ3) is 5.21. The zero-order valence-corrected chi connectivity index (χ0v) is 9.61. The van der Waals surface area contributed by atoms with Gasteiger partial charge in [-0.2, -0.15) is 0 Å². The minimum atomic E-state index is 0.950. The van der Waals surface area contributed by atoms with Gasteiger partial charge < -0.3 is 0 Å². The molecule has 0 aliphatic heterocycles. The minimum Gasteiger partial charge on any atom is -0.298 e. The fourth-order valence-electron chi connectivity index (χ4n) is 1.37. The van der Waals surface area contributed by atoms with Crippen molar-refractivity contribution < 1.29 is 0 Å². The minimum absolute atomic E-state index is 0.950. The molecule has 1 heteroatoms. The van der Waals surface area contributed by atoms with Gasteiger partial charge in [0.1, 0.15) is 0 Å². The molecular weight excluding hydrogens is 182 g/mol. The van der Waals surface area contributed by atoms with Crippen molar-refractivity contribution in [2.45, 2.75) is 19.9 Å². The van der Waals surface area contributed by atoms with Crippen molar-refractivity contribution in [2.75, 3.05) is 13.6 Å². The second-order valence-corrected chi connectivity index (χ2v) is 3.67. The summed E-state index contributed by atoms with van der Waals surface area (Å²) < 4.78 is 0. The van der Waals surface area contributed by atoms with Gasteiger partial charge in [-0.3, -0.25) is 4.90 Å². The lowest BCUT2D eigenvalue weighted by molar-refractivity contribution is 0.363. The van der Waals surface area contributed by atoms with E-state index in [1.165, 1.54) is 5.56 Å². The van der Waals surface area contributed by atoms with Crippen molar-refractivity contribution in [1.82, 2.24) is 4.90 Å². The molecule has 0 saturated carbocycles. The normalized spacial score (nSPS) is 9.80. The highest BCUT2D eigenvalue weighted by molar-refractivity contribution is 5.14. The van der Waals surface area contributed by atoms with Gasteiger partial charge in [-0.25, -0.2) is 0 Å². The maximum atomic E-state index is 3.16. The summed E-state index contributed by atoms with van der Waals surface area (Å²) in [5, 5.41) is 0. The van der Waals surface area contributed by atoms with E-state index in [9.17, 15) is 0 Å². The quantitative estimate of drug-likeness (QED) is 0.661. The molecule has 0 atom stereocenters. The number of hydrogen-bond acceptors (Lipinski definition) is 1. The number of hydrogen-bond donors (Lipinski definition) is 0. The zero-order chi connectivity index (χ0) is 10.9. The van der Waals surface area contributed by atoms with Gasteiger partial charge in [0.15, 0.2) is 0 Å². The number of benzene rings is 1. The summed E-state index contributed by atoms with van der Waals surface area (Å²) in [5.74, 6) is 0. The predicted octanol–water partition coefficient (Wildman–Crippen LogP) is 3.24. The van der Waals surface area contributed by atoms with Gasteiger partial charge in [0, 0.05) is 13.1 Å². The summed E-state index contributed by atoms with van der Waals surface area (Å²) in [4.78, 5) is 2.27. The highest BCUT2D eigenvalue weighted by Crippen LogP contribution is 2.01. The van der Waals surface area contributed by atoms with Gasteiger partial charge in [0.2, 0.25) is 0 Å². The van der Waals surface area contributed by atoms with Crippen molar-refractivity contribution in [3.05, 3.63) is 53.8 Å². The molecule has 0 aliphatic rings. The Bertz CT molecular complexity index is 320. The van der Waals surface area contributed by atoms with E-state index in [1.807, 2.05) is 6.07 Å². The van der Waals surface area contributed by atoms with E-state index in [2.05, 4.69) is 61.0 Å². The third-order valence-corrected chi connectivity index (χ3v) is 2.14. The number of likely N-dealkylation sites (N-methyl/N-ethyl adjacent to an activating group) is 1. The van der Waals surface area contributed by atoms with Crippen LogP contribution in [0, 0.1) is 0 Å². The summed E-state index contributed by atoms with van der Waals surface area (Å²) in [6.07, 6.45) is 5.18. The lowest BCUT2D eigenvalue weighted by Gasteiger charge is -2.13. The molecule has 0 unspecified atom stereocenters. The van der Waals surface area contributed by atoms with Gasteiger partial charge in [0.25, 0.3) is 0 Å². The largest absolute Gasteiger partial charge is 0.298 e. The fraction of sp³-hybridized carbons (Fsp3) is 0.357. The van der Waals surface area contributed by atoms with Crippen LogP contribution in [0.2, 0.25) is 0 Å². The predicted molar refractivity (Wildman–Crippen MR) is 65.7 cm³/mol. The summed E-state index contributed by atoms with van der Waals surface area (Å²) in [7, 11) is 2.12. The first kappa shape index (κ1) is 11.8. The molecule has 1 rings (SSSR count). The summed E-state index contributed by atoms with van der Waals surface area (Å²) in [6, 6.07) is 10.5. The Morgan fingerprint density at radius 3 is 2.60 bits per heavy atom. The highest BCUT2D eigenvalue weighted by atomic mass is 15.1. The van der Waals surface area contributed by atoms with E-state index < -0.39 is 0 Å². The summed E-state index contributed by atoms with van der Waals surface area (Å²) in [5.41, 5.74) is 4.51. The molecule has 0 saturated heterocycles. The lowest BCUT2D eigenvalue weighted by atomic mass is 10.2. The van der Waals surface area contributed by atoms with Crippen LogP contribution < -0.4 is 0 Å². The standard InChI is InChI=1S/C14H19N/c1-3-4-5-9-12-15(2)13-14-10-7-6-8-11-14/h4,6-11H,3,12-13H2,1-2H3. The van der Waals surface area contributed by atoms with Crippen molar-refractivity contribution in [1.29, 1.82) is 0 Å². The molecule has 0 bridgehead atoms. The molecule has 15 heavy (non-hydrogen) atoms. The van der Waals surface area contributed by atoms with Crippen molar-refractivity contribution >= 4 is 0 Å². The van der Waals surface area contributed by atoms with E-state index in [0.717, 1.165) is 19.5 Å². The molecular formula is C14H19N. The fourth-order valence-corrected chi connectivity index (χ4v) is 1.37. The van der Waals surface area contributed by atoms with Crippen LogP contribution >= 0.6 is 0 Å². The van der Waals surface area contributed by atoms with Crippen LogP contribution in [0.25, 0.3) is 0 Å². The molecule has 0 radical (unpaired) electrons. The molecule has 0 fully saturated rings. The van der Waals surface area contributed by atoms with Gasteiger partial charge >= 0.3 is 0 Å². The molecule has 0 aromatic heterocycles. The summed E-state index contributed by atoms with van der Waals surface area (Å²) >= 11 is 0. The van der Waals surface area contributed by atoms with Crippen molar-refractivity contribution in [3.63, 3.8) is 0 Å². The zero-order valence-electron chi connectivity index (χ0n) is 9.61. The molecule has 1 aromatic carbocycles. The van der Waals surface area contributed by atoms with Crippen molar-refractivity contribution in [2.24, 2.45) is 0 Å². The Balaban J connectivity index is 2.36. The van der Waals surface area contributed by atoms with Crippen molar-refractivity contribution in [3.8, 4) is 0 Å². The van der Waals surface area contributed by atoms with Crippen LogP contribution in [0.4, 0.5) is 0 Å². The second-order valence-electron chi connectivity index (χ2n) is 3.67. The van der Waals surface area contributed by atoms with Gasteiger partial charge in [-0.05, 0) is 31.2 Å². The molecule has 0 amide bonds. The Morgan fingerprint density at radius 1 is 1.20 bits per heavy atom. The van der Waals surface area contributed by atoms with E-state index in [-0.39, 0.29) is 0 Å². The second kappa shape index (κ2) is 7.05. The molecule has 0 heterocycles. The third-order valence-electron chi connectivity index (χ3n) is 2.14. The Hall–Kier alpha value is -1.30. The molecule has 0 spiro atoms. The van der Waals surface area contributed by atoms with Crippen LogP contribution in [0.3, 0.4) is 0 Å². The van der Waals surface area contributed by atoms with Crippen LogP contribution in [0.5, 0.6) is 0 Å². The Morgan fingerprint density at radius 2 is 1.93 bits per heavy atom. The number of rotatable bonds is 5. The van der Waals surface area contributed by atoms with Crippen LogP contribution in [-0.2, 0) is 6.54 Å². The van der Waals surface area contributed by atoms with E-state index in [1.54, 1.807) is 0 Å². The maximum Gasteiger partial charge on any atom is 0.0238 e. The average Bonchev–Trinajstić information content (AvgIpc) is 2.26. The molecule has 80 valence electrons. The van der Waals surface area contributed by atoms with Gasteiger partial charge in [-0.1, -0.05) is 37.3 Å². The first-order valence-electron chi connectivity index (χ1n) is 5.44. The highest BCUT2D eigenvalue weighted by Gasteiger charge is 1.96. The van der Waals surface area contributed by atoms with Crippen LogP contribution in [-0.4, -0.2) is 18.5 Å². The maximum absolute atomic E-state index is 3.16. The van der Waals surface area contributed by atoms with Crippen LogP contribution in [0.1, 0.15) is 18.9 Å². The molecule has 1 nitrogen and oxygen atoms in total. The number of nitrogens with zero attached hydrogens (tertiary/aromatic N) is 1. The first-order chi connectivity index (χ1) is 7.33. The van der Waals surface area contributed by atoms with E-state index >= 15 is 0 Å². The van der Waals surface area contributed by atoms with Gasteiger partial charge in [0.05, 0.1) is 0 Å². The molecule has 0 N–H and O–H groups in total. The molecule has 1 aromatic rings. The smallest absolute Gasteiger partial charge is 0.0238 e. The van der Waals surface area contributed by atoms with Gasteiger partial charge in [-0.15, -0.1) is 5.73 Å². The summed E-state index contributed by atoms with van der Waals surface area (Å²) in [6.45, 7) is 4.06.